The summed E-state index contributed by atoms with van der Waals surface area (Å²) in [5.41, 5.74) is 0.890. The fourth-order valence-corrected chi connectivity index (χ4v) is 2.06. The second-order valence-electron chi connectivity index (χ2n) is 4.27. The fraction of sp³-hybridized carbons (Fsp3) is 0.231. The van der Waals surface area contributed by atoms with Crippen molar-refractivity contribution in [3.05, 3.63) is 47.2 Å². The summed E-state index contributed by atoms with van der Waals surface area (Å²) in [6, 6.07) is 6.82. The van der Waals surface area contributed by atoms with Gasteiger partial charge in [-0.05, 0) is 31.2 Å². The molecule has 1 aromatic heterocycles. The molecule has 2 aromatic rings. The molecule has 0 bridgehead atoms. The lowest BCUT2D eigenvalue weighted by Gasteiger charge is -2.15. The van der Waals surface area contributed by atoms with Crippen molar-refractivity contribution in [1.82, 2.24) is 9.78 Å². The Kier molecular flexibility index (Phi) is 4.06. The van der Waals surface area contributed by atoms with Crippen LogP contribution in [0.25, 0.3) is 0 Å². The number of anilines is 1. The third-order valence-corrected chi connectivity index (χ3v) is 2.95. The summed E-state index contributed by atoms with van der Waals surface area (Å²) in [5, 5.41) is 16.5. The van der Waals surface area contributed by atoms with Crippen LogP contribution in [0.1, 0.15) is 17.3 Å². The van der Waals surface area contributed by atoms with E-state index in [-0.39, 0.29) is 16.6 Å². The van der Waals surface area contributed by atoms with E-state index in [1.54, 1.807) is 18.3 Å². The molecular formula is C13H14ClN3O2. The lowest BCUT2D eigenvalue weighted by molar-refractivity contribution is 0.0697. The topological polar surface area (TPSA) is 67.2 Å². The van der Waals surface area contributed by atoms with Crippen LogP contribution in [0.3, 0.4) is 0 Å². The summed E-state index contributed by atoms with van der Waals surface area (Å²) < 4.78 is 1.82. The maximum Gasteiger partial charge on any atom is 0.337 e. The Morgan fingerprint density at radius 1 is 1.58 bits per heavy atom. The average Bonchev–Trinajstić information content (AvgIpc) is 2.81. The maximum absolute atomic E-state index is 10.9. The SMILES string of the molecule is CC(Cn1cccn1)Nc1ccc(C(=O)O)c(Cl)c1. The molecule has 0 fully saturated rings. The molecule has 0 aliphatic carbocycles. The van der Waals surface area contributed by atoms with Gasteiger partial charge in [0, 0.05) is 24.1 Å². The maximum atomic E-state index is 10.9. The fourth-order valence-electron chi connectivity index (χ4n) is 1.80. The molecule has 0 radical (unpaired) electrons. The zero-order valence-corrected chi connectivity index (χ0v) is 11.1. The third kappa shape index (κ3) is 3.48. The Bertz CT molecular complexity index is 569. The Hall–Kier alpha value is -2.01. The summed E-state index contributed by atoms with van der Waals surface area (Å²) in [4.78, 5) is 10.9. The van der Waals surface area contributed by atoms with Gasteiger partial charge < -0.3 is 10.4 Å². The van der Waals surface area contributed by atoms with Crippen LogP contribution in [0.5, 0.6) is 0 Å². The number of nitrogens with zero attached hydrogens (tertiary/aromatic N) is 2. The summed E-state index contributed by atoms with van der Waals surface area (Å²) in [7, 11) is 0. The molecule has 100 valence electrons. The number of halogens is 1. The molecule has 0 saturated carbocycles. The van der Waals surface area contributed by atoms with E-state index in [9.17, 15) is 4.79 Å². The van der Waals surface area contributed by atoms with Crippen molar-refractivity contribution in [2.75, 3.05) is 5.32 Å². The van der Waals surface area contributed by atoms with Gasteiger partial charge in [0.15, 0.2) is 0 Å². The number of hydrogen-bond acceptors (Lipinski definition) is 3. The predicted octanol–water partition coefficient (Wildman–Crippen LogP) is 2.74. The van der Waals surface area contributed by atoms with Crippen molar-refractivity contribution in [2.45, 2.75) is 19.5 Å². The summed E-state index contributed by atoms with van der Waals surface area (Å²) in [6.07, 6.45) is 3.62. The molecule has 1 unspecified atom stereocenters. The monoisotopic (exact) mass is 279 g/mol. The molecule has 2 N–H and O–H groups in total. The summed E-state index contributed by atoms with van der Waals surface area (Å²) in [6.45, 7) is 2.73. The first-order valence-corrected chi connectivity index (χ1v) is 6.21. The molecule has 1 aromatic carbocycles. The third-order valence-electron chi connectivity index (χ3n) is 2.63. The molecule has 6 heteroatoms. The highest BCUT2D eigenvalue weighted by Gasteiger charge is 2.10. The predicted molar refractivity (Wildman–Crippen MR) is 73.7 cm³/mol. The minimum Gasteiger partial charge on any atom is -0.478 e. The van der Waals surface area contributed by atoms with Crippen molar-refractivity contribution in [2.24, 2.45) is 0 Å². The highest BCUT2D eigenvalue weighted by atomic mass is 35.5. The Morgan fingerprint density at radius 2 is 2.37 bits per heavy atom. The van der Waals surface area contributed by atoms with E-state index < -0.39 is 5.97 Å². The van der Waals surface area contributed by atoms with E-state index in [1.807, 2.05) is 23.9 Å². The van der Waals surface area contributed by atoms with Gasteiger partial charge in [-0.2, -0.15) is 5.10 Å². The van der Waals surface area contributed by atoms with E-state index in [0.29, 0.717) is 6.54 Å². The molecule has 0 aliphatic rings. The first-order valence-electron chi connectivity index (χ1n) is 5.83. The lowest BCUT2D eigenvalue weighted by Crippen LogP contribution is -2.22. The molecule has 19 heavy (non-hydrogen) atoms. The Labute approximate surface area is 115 Å². The largest absolute Gasteiger partial charge is 0.478 e. The molecule has 5 nitrogen and oxygen atoms in total. The van der Waals surface area contributed by atoms with Crippen molar-refractivity contribution in [1.29, 1.82) is 0 Å². The first kappa shape index (κ1) is 13.4. The van der Waals surface area contributed by atoms with E-state index in [1.165, 1.54) is 6.07 Å². The number of carbonyl (C=O) groups is 1. The molecule has 0 saturated heterocycles. The number of carboxylic acids is 1. The average molecular weight is 280 g/mol. The number of aromatic nitrogens is 2. The Balaban J connectivity index is 2.03. The van der Waals surface area contributed by atoms with Gasteiger partial charge in [-0.3, -0.25) is 4.68 Å². The van der Waals surface area contributed by atoms with E-state index in [4.69, 9.17) is 16.7 Å². The number of rotatable bonds is 5. The number of carboxylic acid groups (broad SMARTS) is 1. The van der Waals surface area contributed by atoms with Gasteiger partial charge in [0.25, 0.3) is 0 Å². The normalized spacial score (nSPS) is 12.1. The van der Waals surface area contributed by atoms with Gasteiger partial charge in [-0.25, -0.2) is 4.79 Å². The first-order chi connectivity index (χ1) is 9.06. The molecule has 1 heterocycles. The van der Waals surface area contributed by atoms with E-state index in [0.717, 1.165) is 5.69 Å². The zero-order chi connectivity index (χ0) is 13.8. The molecular weight excluding hydrogens is 266 g/mol. The molecule has 2 rings (SSSR count). The van der Waals surface area contributed by atoms with Crippen LogP contribution in [-0.2, 0) is 6.54 Å². The number of benzene rings is 1. The van der Waals surface area contributed by atoms with Gasteiger partial charge in [-0.1, -0.05) is 11.6 Å². The van der Waals surface area contributed by atoms with Crippen LogP contribution >= 0.6 is 11.6 Å². The van der Waals surface area contributed by atoms with E-state index >= 15 is 0 Å². The smallest absolute Gasteiger partial charge is 0.337 e. The van der Waals surface area contributed by atoms with Crippen molar-refractivity contribution in [3.8, 4) is 0 Å². The lowest BCUT2D eigenvalue weighted by atomic mass is 10.2. The van der Waals surface area contributed by atoms with Gasteiger partial charge in [-0.15, -0.1) is 0 Å². The molecule has 1 atom stereocenters. The van der Waals surface area contributed by atoms with Crippen LogP contribution in [0, 0.1) is 0 Å². The second kappa shape index (κ2) is 5.75. The standard InChI is InChI=1S/C13H14ClN3O2/c1-9(8-17-6-2-5-15-17)16-10-3-4-11(13(18)19)12(14)7-10/h2-7,9,16H,8H2,1H3,(H,18,19). The van der Waals surface area contributed by atoms with Gasteiger partial charge >= 0.3 is 5.97 Å². The van der Waals surface area contributed by atoms with Gasteiger partial charge in [0.1, 0.15) is 0 Å². The minimum absolute atomic E-state index is 0.104. The minimum atomic E-state index is -1.03. The van der Waals surface area contributed by atoms with Crippen LogP contribution in [0.15, 0.2) is 36.7 Å². The molecule has 0 aliphatic heterocycles. The van der Waals surface area contributed by atoms with E-state index in [2.05, 4.69) is 10.4 Å². The highest BCUT2D eigenvalue weighted by Crippen LogP contribution is 2.21. The summed E-state index contributed by atoms with van der Waals surface area (Å²) >= 11 is 5.91. The molecule has 0 amide bonds. The van der Waals surface area contributed by atoms with Crippen LogP contribution in [0.4, 0.5) is 5.69 Å². The summed E-state index contributed by atoms with van der Waals surface area (Å²) in [5.74, 6) is -1.03. The van der Waals surface area contributed by atoms with Crippen molar-refractivity contribution in [3.63, 3.8) is 0 Å². The number of aromatic carboxylic acids is 1. The zero-order valence-electron chi connectivity index (χ0n) is 10.4. The van der Waals surface area contributed by atoms with Crippen molar-refractivity contribution >= 4 is 23.3 Å². The second-order valence-corrected chi connectivity index (χ2v) is 4.68. The highest BCUT2D eigenvalue weighted by molar-refractivity contribution is 6.33. The van der Waals surface area contributed by atoms with Gasteiger partial charge in [0.2, 0.25) is 0 Å². The number of hydrogen-bond donors (Lipinski definition) is 2. The Morgan fingerprint density at radius 3 is 2.95 bits per heavy atom. The van der Waals surface area contributed by atoms with Gasteiger partial charge in [0.05, 0.1) is 17.1 Å². The van der Waals surface area contributed by atoms with Crippen LogP contribution < -0.4 is 5.32 Å². The van der Waals surface area contributed by atoms with Crippen LogP contribution in [-0.4, -0.2) is 26.9 Å². The quantitative estimate of drug-likeness (QED) is 0.883. The van der Waals surface area contributed by atoms with Crippen LogP contribution in [0.2, 0.25) is 5.02 Å². The molecule has 0 spiro atoms. The van der Waals surface area contributed by atoms with Crippen molar-refractivity contribution < 1.29 is 9.90 Å². The number of nitrogens with one attached hydrogen (secondary N) is 1.